The molecule has 1 aromatic rings. The Bertz CT molecular complexity index is 460. The van der Waals surface area contributed by atoms with Crippen LogP contribution in [0.1, 0.15) is 37.6 Å². The normalized spacial score (nSPS) is 18.1. The monoisotopic (exact) mass is 291 g/mol. The number of rotatable bonds is 4. The van der Waals surface area contributed by atoms with Gasteiger partial charge in [-0.2, -0.15) is 0 Å². The molecule has 1 N–H and O–H groups in total. The van der Waals surface area contributed by atoms with E-state index >= 15 is 0 Å². The molecule has 0 spiro atoms. The smallest absolute Gasteiger partial charge is 0.0558 e. The van der Waals surface area contributed by atoms with E-state index in [1.807, 2.05) is 0 Å². The van der Waals surface area contributed by atoms with E-state index in [-0.39, 0.29) is 12.0 Å². The van der Waals surface area contributed by atoms with Crippen LogP contribution in [0.15, 0.2) is 12.3 Å². The van der Waals surface area contributed by atoms with Crippen molar-refractivity contribution < 1.29 is 5.11 Å². The minimum atomic E-state index is 0.110. The van der Waals surface area contributed by atoms with Crippen molar-refractivity contribution in [1.82, 2.24) is 14.8 Å². The van der Waals surface area contributed by atoms with Gasteiger partial charge in [0.2, 0.25) is 0 Å². The SMILES string of the molecule is Cc1cc(C(C)(C)C)ncc1CN1CCN(CCO)CC1. The van der Waals surface area contributed by atoms with Crippen molar-refractivity contribution in [2.24, 2.45) is 0 Å². The topological polar surface area (TPSA) is 39.6 Å². The largest absolute Gasteiger partial charge is 0.395 e. The quantitative estimate of drug-likeness (QED) is 0.918. The number of aliphatic hydroxyl groups excluding tert-OH is 1. The molecule has 2 heterocycles. The molecule has 0 aliphatic carbocycles. The van der Waals surface area contributed by atoms with Crippen LogP contribution in [0.3, 0.4) is 0 Å². The zero-order valence-corrected chi connectivity index (χ0v) is 13.9. The standard InChI is InChI=1S/C17H29N3O/c1-14-11-16(17(2,3)4)18-12-15(14)13-20-7-5-19(6-8-20)9-10-21/h11-12,21H,5-10,13H2,1-4H3. The second-order valence-corrected chi connectivity index (χ2v) is 7.09. The molecule has 1 aliphatic rings. The fourth-order valence-electron chi connectivity index (χ4n) is 2.71. The summed E-state index contributed by atoms with van der Waals surface area (Å²) in [5.74, 6) is 0. The van der Waals surface area contributed by atoms with Crippen molar-refractivity contribution >= 4 is 0 Å². The van der Waals surface area contributed by atoms with E-state index in [1.54, 1.807) is 0 Å². The van der Waals surface area contributed by atoms with Gasteiger partial charge in [0.05, 0.1) is 6.61 Å². The van der Waals surface area contributed by atoms with Crippen LogP contribution in [0.25, 0.3) is 0 Å². The van der Waals surface area contributed by atoms with E-state index in [4.69, 9.17) is 5.11 Å². The van der Waals surface area contributed by atoms with Crippen LogP contribution in [0.5, 0.6) is 0 Å². The number of nitrogens with zero attached hydrogens (tertiary/aromatic N) is 3. The van der Waals surface area contributed by atoms with Gasteiger partial charge in [0, 0.05) is 56.6 Å². The number of piperazine rings is 1. The Kier molecular flexibility index (Phi) is 5.36. The van der Waals surface area contributed by atoms with Crippen molar-refractivity contribution in [3.63, 3.8) is 0 Å². The van der Waals surface area contributed by atoms with Crippen molar-refractivity contribution in [3.05, 3.63) is 29.1 Å². The minimum Gasteiger partial charge on any atom is -0.395 e. The van der Waals surface area contributed by atoms with Crippen molar-refractivity contribution in [2.75, 3.05) is 39.3 Å². The van der Waals surface area contributed by atoms with Gasteiger partial charge in [-0.25, -0.2) is 0 Å². The van der Waals surface area contributed by atoms with E-state index in [0.717, 1.165) is 45.0 Å². The average Bonchev–Trinajstić information content (AvgIpc) is 2.42. The first-order valence-electron chi connectivity index (χ1n) is 7.91. The molecule has 0 atom stereocenters. The average molecular weight is 291 g/mol. The maximum absolute atomic E-state index is 8.98. The number of aromatic nitrogens is 1. The van der Waals surface area contributed by atoms with Gasteiger partial charge >= 0.3 is 0 Å². The predicted octanol–water partition coefficient (Wildman–Crippen LogP) is 1.80. The fraction of sp³-hybridized carbons (Fsp3) is 0.706. The van der Waals surface area contributed by atoms with Crippen molar-refractivity contribution in [1.29, 1.82) is 0 Å². The minimum absolute atomic E-state index is 0.110. The summed E-state index contributed by atoms with van der Waals surface area (Å²) in [7, 11) is 0. The molecule has 4 heteroatoms. The summed E-state index contributed by atoms with van der Waals surface area (Å²) < 4.78 is 0. The molecule has 2 rings (SSSR count). The zero-order chi connectivity index (χ0) is 15.5. The third kappa shape index (κ3) is 4.50. The maximum Gasteiger partial charge on any atom is 0.0558 e. The molecular weight excluding hydrogens is 262 g/mol. The van der Waals surface area contributed by atoms with Gasteiger partial charge in [-0.1, -0.05) is 20.8 Å². The van der Waals surface area contributed by atoms with Crippen molar-refractivity contribution in [2.45, 2.75) is 39.7 Å². The molecule has 1 aromatic heterocycles. The summed E-state index contributed by atoms with van der Waals surface area (Å²) in [6.45, 7) is 15.1. The van der Waals surface area contributed by atoms with Gasteiger partial charge in [0.25, 0.3) is 0 Å². The number of aliphatic hydroxyl groups is 1. The molecule has 0 bridgehead atoms. The van der Waals surface area contributed by atoms with Crippen LogP contribution in [0, 0.1) is 6.92 Å². The Balaban J connectivity index is 1.95. The first kappa shape index (κ1) is 16.4. The van der Waals surface area contributed by atoms with Crippen LogP contribution in [0.2, 0.25) is 0 Å². The molecule has 0 amide bonds. The molecule has 1 fully saturated rings. The van der Waals surface area contributed by atoms with Gasteiger partial charge in [0.15, 0.2) is 0 Å². The number of pyridine rings is 1. The molecule has 21 heavy (non-hydrogen) atoms. The molecule has 1 aliphatic heterocycles. The molecule has 118 valence electrons. The lowest BCUT2D eigenvalue weighted by molar-refractivity contribution is 0.108. The Labute approximate surface area is 128 Å². The first-order chi connectivity index (χ1) is 9.90. The van der Waals surface area contributed by atoms with Crippen LogP contribution in [0.4, 0.5) is 0 Å². The lowest BCUT2D eigenvalue weighted by Gasteiger charge is -2.34. The summed E-state index contributed by atoms with van der Waals surface area (Å²) in [5, 5.41) is 8.98. The van der Waals surface area contributed by atoms with E-state index in [2.05, 4.69) is 54.7 Å². The highest BCUT2D eigenvalue weighted by molar-refractivity contribution is 5.28. The molecular formula is C17H29N3O. The fourth-order valence-corrected chi connectivity index (χ4v) is 2.71. The second-order valence-electron chi connectivity index (χ2n) is 7.09. The third-order valence-electron chi connectivity index (χ3n) is 4.26. The molecule has 4 nitrogen and oxygen atoms in total. The molecule has 0 aromatic carbocycles. The highest BCUT2D eigenvalue weighted by Gasteiger charge is 2.19. The Morgan fingerprint density at radius 2 is 1.76 bits per heavy atom. The summed E-state index contributed by atoms with van der Waals surface area (Å²) >= 11 is 0. The summed E-state index contributed by atoms with van der Waals surface area (Å²) in [6.07, 6.45) is 2.05. The van der Waals surface area contributed by atoms with E-state index in [9.17, 15) is 0 Å². The second kappa shape index (κ2) is 6.86. The van der Waals surface area contributed by atoms with Gasteiger partial charge in [-0.3, -0.25) is 14.8 Å². The van der Waals surface area contributed by atoms with Crippen LogP contribution < -0.4 is 0 Å². The Hall–Kier alpha value is -0.970. The van der Waals surface area contributed by atoms with Crippen LogP contribution >= 0.6 is 0 Å². The van der Waals surface area contributed by atoms with Gasteiger partial charge in [0.1, 0.15) is 0 Å². The third-order valence-corrected chi connectivity index (χ3v) is 4.26. The molecule has 0 unspecified atom stereocenters. The molecule has 0 radical (unpaired) electrons. The molecule has 1 saturated heterocycles. The lowest BCUT2D eigenvalue weighted by Crippen LogP contribution is -2.46. The van der Waals surface area contributed by atoms with Crippen LogP contribution in [-0.2, 0) is 12.0 Å². The lowest BCUT2D eigenvalue weighted by atomic mass is 9.90. The van der Waals surface area contributed by atoms with Crippen molar-refractivity contribution in [3.8, 4) is 0 Å². The van der Waals surface area contributed by atoms with E-state index < -0.39 is 0 Å². The van der Waals surface area contributed by atoms with Gasteiger partial charge in [-0.05, 0) is 24.1 Å². The zero-order valence-electron chi connectivity index (χ0n) is 13.9. The highest BCUT2D eigenvalue weighted by atomic mass is 16.3. The van der Waals surface area contributed by atoms with Gasteiger partial charge in [-0.15, -0.1) is 0 Å². The predicted molar refractivity (Wildman–Crippen MR) is 86.5 cm³/mol. The molecule has 0 saturated carbocycles. The summed E-state index contributed by atoms with van der Waals surface area (Å²) in [5.41, 5.74) is 3.95. The Morgan fingerprint density at radius 1 is 1.14 bits per heavy atom. The summed E-state index contributed by atoms with van der Waals surface area (Å²) in [6, 6.07) is 2.23. The highest BCUT2D eigenvalue weighted by Crippen LogP contribution is 2.22. The van der Waals surface area contributed by atoms with Gasteiger partial charge < -0.3 is 5.11 Å². The maximum atomic E-state index is 8.98. The van der Waals surface area contributed by atoms with E-state index in [0.29, 0.717) is 0 Å². The number of hydrogen-bond donors (Lipinski definition) is 1. The number of hydrogen-bond acceptors (Lipinski definition) is 4. The summed E-state index contributed by atoms with van der Waals surface area (Å²) in [4.78, 5) is 9.46. The van der Waals surface area contributed by atoms with E-state index in [1.165, 1.54) is 11.1 Å². The number of β-amino-alcohol motifs (C(OH)–C–C–N with tert-alkyl or cyclic N) is 1. The first-order valence-corrected chi connectivity index (χ1v) is 7.91. The number of aryl methyl sites for hydroxylation is 1. The Morgan fingerprint density at radius 3 is 2.29 bits per heavy atom. The van der Waals surface area contributed by atoms with Crippen LogP contribution in [-0.4, -0.2) is 59.2 Å².